The lowest BCUT2D eigenvalue weighted by Crippen LogP contribution is -2.68. The van der Waals surface area contributed by atoms with Gasteiger partial charge in [-0.05, 0) is 12.1 Å². The number of methoxy groups -OCH3 is 2. The average Bonchev–Trinajstić information content (AvgIpc) is 2.62. The largest absolute Gasteiger partial charge is 0.497 e. The topological polar surface area (TPSA) is 123 Å². The number of aliphatic hydroxyl groups excluding tert-OH is 1. The van der Waals surface area contributed by atoms with Gasteiger partial charge in [0, 0.05) is 31.3 Å². The van der Waals surface area contributed by atoms with Crippen molar-refractivity contribution in [3.8, 4) is 11.5 Å². The molecule has 1 heterocycles. The van der Waals surface area contributed by atoms with Crippen molar-refractivity contribution in [1.29, 1.82) is 0 Å². The number of nitrogens with one attached hydrogen (secondary N) is 1. The molecule has 1 aliphatic heterocycles. The number of primary amides is 1. The van der Waals surface area contributed by atoms with Crippen molar-refractivity contribution in [2.75, 3.05) is 33.9 Å². The van der Waals surface area contributed by atoms with Gasteiger partial charge < -0.3 is 35.3 Å². The number of benzene rings is 1. The van der Waals surface area contributed by atoms with Gasteiger partial charge in [0.1, 0.15) is 11.5 Å². The summed E-state index contributed by atoms with van der Waals surface area (Å²) in [5, 5.41) is 11.9. The molecule has 0 spiro atoms. The Morgan fingerprint density at radius 1 is 1.36 bits per heavy atom. The van der Waals surface area contributed by atoms with E-state index >= 15 is 0 Å². The minimum atomic E-state index is -0.993. The Morgan fingerprint density at radius 2 is 2.12 bits per heavy atom. The highest BCUT2D eigenvalue weighted by Gasteiger charge is 2.49. The van der Waals surface area contributed by atoms with E-state index in [-0.39, 0.29) is 25.1 Å². The van der Waals surface area contributed by atoms with Gasteiger partial charge in [-0.25, -0.2) is 4.79 Å². The third kappa shape index (κ3) is 4.31. The van der Waals surface area contributed by atoms with Crippen LogP contribution in [0.15, 0.2) is 18.2 Å². The molecule has 25 heavy (non-hydrogen) atoms. The number of β-lactam (4-membered cyclic amide) rings is 1. The summed E-state index contributed by atoms with van der Waals surface area (Å²) < 4.78 is 15.4. The molecule has 0 aromatic heterocycles. The Balaban J connectivity index is 2.13. The fourth-order valence-electron chi connectivity index (χ4n) is 2.73. The number of carbonyl (C=O) groups is 2. The lowest BCUT2D eigenvalue weighted by Gasteiger charge is -2.46. The first-order valence-electron chi connectivity index (χ1n) is 7.80. The Labute approximate surface area is 145 Å². The van der Waals surface area contributed by atoms with Crippen LogP contribution in [0.2, 0.25) is 0 Å². The third-order valence-electron chi connectivity index (χ3n) is 4.00. The van der Waals surface area contributed by atoms with E-state index in [1.165, 1.54) is 7.11 Å². The first-order valence-corrected chi connectivity index (χ1v) is 7.80. The molecule has 0 bridgehead atoms. The SMILES string of the molecule is COc1ccc(CN2C(=O)[C@@H](OC(N)=O)[C@H]2CNCCO)c(OC)c1. The molecule has 1 saturated heterocycles. The molecule has 138 valence electrons. The summed E-state index contributed by atoms with van der Waals surface area (Å²) >= 11 is 0. The van der Waals surface area contributed by atoms with E-state index in [9.17, 15) is 9.59 Å². The van der Waals surface area contributed by atoms with E-state index < -0.39 is 12.2 Å². The molecule has 0 unspecified atom stereocenters. The van der Waals surface area contributed by atoms with Crippen molar-refractivity contribution in [2.24, 2.45) is 5.73 Å². The normalized spacial score (nSPS) is 19.3. The van der Waals surface area contributed by atoms with Crippen molar-refractivity contribution >= 4 is 12.0 Å². The van der Waals surface area contributed by atoms with Crippen LogP contribution >= 0.6 is 0 Å². The molecule has 2 amide bonds. The fraction of sp³-hybridized carbons (Fsp3) is 0.500. The molecule has 4 N–H and O–H groups in total. The Morgan fingerprint density at radius 3 is 2.72 bits per heavy atom. The number of aliphatic hydroxyl groups is 1. The van der Waals surface area contributed by atoms with Gasteiger partial charge in [0.25, 0.3) is 5.91 Å². The van der Waals surface area contributed by atoms with Crippen LogP contribution in [0.4, 0.5) is 4.79 Å². The van der Waals surface area contributed by atoms with Gasteiger partial charge in [-0.1, -0.05) is 0 Å². The zero-order chi connectivity index (χ0) is 18.4. The number of amides is 2. The Hall–Kier alpha value is -2.52. The molecule has 9 heteroatoms. The monoisotopic (exact) mass is 353 g/mol. The van der Waals surface area contributed by atoms with Crippen LogP contribution < -0.4 is 20.5 Å². The van der Waals surface area contributed by atoms with E-state index in [4.69, 9.17) is 25.1 Å². The van der Waals surface area contributed by atoms with Gasteiger partial charge >= 0.3 is 6.09 Å². The molecule has 2 rings (SSSR count). The Bertz CT molecular complexity index is 624. The molecular formula is C16H23N3O6. The molecule has 1 fully saturated rings. The molecule has 0 aliphatic carbocycles. The average molecular weight is 353 g/mol. The molecule has 0 radical (unpaired) electrons. The van der Waals surface area contributed by atoms with Crippen LogP contribution in [0, 0.1) is 0 Å². The summed E-state index contributed by atoms with van der Waals surface area (Å²) in [6, 6.07) is 4.94. The first-order chi connectivity index (χ1) is 12.0. The third-order valence-corrected chi connectivity index (χ3v) is 4.00. The van der Waals surface area contributed by atoms with E-state index in [1.807, 2.05) is 6.07 Å². The van der Waals surface area contributed by atoms with Crippen molar-refractivity contribution < 1.29 is 28.9 Å². The summed E-state index contributed by atoms with van der Waals surface area (Å²) in [5.74, 6) is 0.910. The van der Waals surface area contributed by atoms with Crippen molar-refractivity contribution in [3.63, 3.8) is 0 Å². The van der Waals surface area contributed by atoms with Gasteiger partial charge in [0.05, 0.1) is 26.9 Å². The van der Waals surface area contributed by atoms with E-state index in [0.717, 1.165) is 5.56 Å². The molecule has 1 aliphatic rings. The van der Waals surface area contributed by atoms with Gasteiger partial charge in [0.2, 0.25) is 6.10 Å². The van der Waals surface area contributed by atoms with Crippen LogP contribution in [-0.4, -0.2) is 68.1 Å². The highest BCUT2D eigenvalue weighted by atomic mass is 16.6. The van der Waals surface area contributed by atoms with Crippen LogP contribution in [0.25, 0.3) is 0 Å². The minimum absolute atomic E-state index is 0.0334. The standard InChI is InChI=1S/C16H23N3O6/c1-23-11-4-3-10(13(7-11)24-2)9-19-12(8-18-5-6-20)14(15(19)21)25-16(17)22/h3-4,7,12,14,18,20H,5-6,8-9H2,1-2H3,(H2,17,22)/t12-,14+/m1/s1. The molecule has 0 saturated carbocycles. The maximum absolute atomic E-state index is 12.3. The second kappa shape index (κ2) is 8.54. The quantitative estimate of drug-likeness (QED) is 0.402. The molecule has 1 aromatic rings. The number of nitrogens with two attached hydrogens (primary N) is 1. The van der Waals surface area contributed by atoms with E-state index in [2.05, 4.69) is 5.32 Å². The van der Waals surface area contributed by atoms with Crippen LogP contribution in [0.5, 0.6) is 11.5 Å². The van der Waals surface area contributed by atoms with Crippen molar-refractivity contribution in [2.45, 2.75) is 18.7 Å². The van der Waals surface area contributed by atoms with E-state index in [1.54, 1.807) is 24.1 Å². The molecule has 1 aromatic carbocycles. The predicted octanol–water partition coefficient (Wildman–Crippen LogP) is -0.540. The van der Waals surface area contributed by atoms with Crippen LogP contribution in [0.3, 0.4) is 0 Å². The highest BCUT2D eigenvalue weighted by Crippen LogP contribution is 2.30. The highest BCUT2D eigenvalue weighted by molar-refractivity contribution is 5.90. The lowest BCUT2D eigenvalue weighted by atomic mass is 9.96. The van der Waals surface area contributed by atoms with E-state index in [0.29, 0.717) is 24.6 Å². The molecule has 9 nitrogen and oxygen atoms in total. The molecule has 2 atom stereocenters. The van der Waals surface area contributed by atoms with Gasteiger partial charge in [-0.3, -0.25) is 4.79 Å². The number of hydrogen-bond acceptors (Lipinski definition) is 7. The summed E-state index contributed by atoms with van der Waals surface area (Å²) in [7, 11) is 3.09. The summed E-state index contributed by atoms with van der Waals surface area (Å²) in [4.78, 5) is 24.9. The minimum Gasteiger partial charge on any atom is -0.497 e. The zero-order valence-electron chi connectivity index (χ0n) is 14.2. The fourth-order valence-corrected chi connectivity index (χ4v) is 2.73. The number of hydrogen-bond donors (Lipinski definition) is 3. The lowest BCUT2D eigenvalue weighted by molar-refractivity contribution is -0.167. The number of carbonyl (C=O) groups excluding carboxylic acids is 2. The van der Waals surface area contributed by atoms with Crippen molar-refractivity contribution in [1.82, 2.24) is 10.2 Å². The zero-order valence-corrected chi connectivity index (χ0v) is 14.2. The number of nitrogens with zero attached hydrogens (tertiary/aromatic N) is 1. The summed E-state index contributed by atoms with van der Waals surface area (Å²) in [6.07, 6.45) is -1.92. The number of rotatable bonds is 9. The van der Waals surface area contributed by atoms with Crippen LogP contribution in [-0.2, 0) is 16.1 Å². The summed E-state index contributed by atoms with van der Waals surface area (Å²) in [6.45, 7) is 0.987. The van der Waals surface area contributed by atoms with Gasteiger partial charge in [-0.15, -0.1) is 0 Å². The van der Waals surface area contributed by atoms with Crippen LogP contribution in [0.1, 0.15) is 5.56 Å². The summed E-state index contributed by atoms with van der Waals surface area (Å²) in [5.41, 5.74) is 5.82. The Kier molecular flexibility index (Phi) is 6.43. The van der Waals surface area contributed by atoms with Crippen molar-refractivity contribution in [3.05, 3.63) is 23.8 Å². The molecular weight excluding hydrogens is 330 g/mol. The second-order valence-electron chi connectivity index (χ2n) is 5.50. The van der Waals surface area contributed by atoms with Gasteiger partial charge in [0.15, 0.2) is 0 Å². The predicted molar refractivity (Wildman–Crippen MR) is 88.3 cm³/mol. The van der Waals surface area contributed by atoms with Gasteiger partial charge in [-0.2, -0.15) is 0 Å². The smallest absolute Gasteiger partial charge is 0.405 e. The number of likely N-dealkylation sites (tertiary alicyclic amines) is 1. The maximum atomic E-state index is 12.3. The number of ether oxygens (including phenoxy) is 3. The second-order valence-corrected chi connectivity index (χ2v) is 5.50. The maximum Gasteiger partial charge on any atom is 0.405 e. The first kappa shape index (κ1) is 18.8.